The number of aromatic nitrogens is 1. The third-order valence-electron chi connectivity index (χ3n) is 2.02. The predicted molar refractivity (Wildman–Crippen MR) is 67.5 cm³/mol. The van der Waals surface area contributed by atoms with Crippen LogP contribution in [-0.4, -0.2) is 29.6 Å². The van der Waals surface area contributed by atoms with Crippen LogP contribution in [0.3, 0.4) is 0 Å². The standard InChI is InChI=1S/C10H15ClN2O4S/c1-10(2,3)12-18(16,17)6-5-13(4)8(7(6)11)9(14)15/h5,12H,1-4H3,(H,14,15). The van der Waals surface area contributed by atoms with E-state index < -0.39 is 21.5 Å². The van der Waals surface area contributed by atoms with Gasteiger partial charge in [0.1, 0.15) is 10.6 Å². The number of hydrogen-bond acceptors (Lipinski definition) is 3. The highest BCUT2D eigenvalue weighted by molar-refractivity contribution is 7.89. The summed E-state index contributed by atoms with van der Waals surface area (Å²) in [6.07, 6.45) is 1.18. The van der Waals surface area contributed by atoms with Gasteiger partial charge in [0, 0.05) is 18.8 Å². The summed E-state index contributed by atoms with van der Waals surface area (Å²) < 4.78 is 27.7. The van der Waals surface area contributed by atoms with E-state index in [0.29, 0.717) is 0 Å². The van der Waals surface area contributed by atoms with Crippen molar-refractivity contribution in [3.05, 3.63) is 16.9 Å². The molecule has 0 amide bonds. The number of aryl methyl sites for hydroxylation is 1. The minimum atomic E-state index is -3.85. The second-order valence-electron chi connectivity index (χ2n) is 4.93. The molecule has 0 atom stereocenters. The van der Waals surface area contributed by atoms with Crippen LogP contribution in [-0.2, 0) is 17.1 Å². The second-order valence-corrected chi connectivity index (χ2v) is 6.96. The quantitative estimate of drug-likeness (QED) is 0.883. The lowest BCUT2D eigenvalue weighted by molar-refractivity contribution is 0.0686. The number of nitrogens with zero attached hydrogens (tertiary/aromatic N) is 1. The molecule has 0 spiro atoms. The maximum Gasteiger partial charge on any atom is 0.354 e. The topological polar surface area (TPSA) is 88.4 Å². The van der Waals surface area contributed by atoms with Gasteiger partial charge in [-0.15, -0.1) is 0 Å². The first-order valence-electron chi connectivity index (χ1n) is 5.08. The monoisotopic (exact) mass is 294 g/mol. The summed E-state index contributed by atoms with van der Waals surface area (Å²) in [7, 11) is -2.43. The van der Waals surface area contributed by atoms with Crippen LogP contribution in [0.4, 0.5) is 0 Å². The van der Waals surface area contributed by atoms with Crippen LogP contribution in [0.1, 0.15) is 31.3 Å². The Morgan fingerprint density at radius 2 is 1.94 bits per heavy atom. The summed E-state index contributed by atoms with van der Waals surface area (Å²) in [5, 5.41) is 8.65. The summed E-state index contributed by atoms with van der Waals surface area (Å²) in [4.78, 5) is 10.7. The van der Waals surface area contributed by atoms with Crippen LogP contribution in [0.15, 0.2) is 11.1 Å². The number of carboxylic acids is 1. The Bertz CT molecular complexity index is 584. The fourth-order valence-electron chi connectivity index (χ4n) is 1.46. The van der Waals surface area contributed by atoms with Crippen LogP contribution >= 0.6 is 11.6 Å². The van der Waals surface area contributed by atoms with Crippen molar-refractivity contribution in [2.75, 3.05) is 0 Å². The molecule has 102 valence electrons. The normalized spacial score (nSPS) is 12.7. The van der Waals surface area contributed by atoms with Crippen molar-refractivity contribution in [3.63, 3.8) is 0 Å². The molecule has 6 nitrogen and oxygen atoms in total. The first-order chi connectivity index (χ1) is 7.96. The molecule has 0 bridgehead atoms. The van der Waals surface area contributed by atoms with Crippen molar-refractivity contribution in [3.8, 4) is 0 Å². The summed E-state index contributed by atoms with van der Waals surface area (Å²) in [6.45, 7) is 5.04. The molecule has 0 fully saturated rings. The lowest BCUT2D eigenvalue weighted by atomic mass is 10.1. The van der Waals surface area contributed by atoms with E-state index in [-0.39, 0.29) is 15.6 Å². The Morgan fingerprint density at radius 1 is 1.44 bits per heavy atom. The molecule has 0 aliphatic heterocycles. The SMILES string of the molecule is Cn1cc(S(=O)(=O)NC(C)(C)C)c(Cl)c1C(=O)O. The van der Waals surface area contributed by atoms with E-state index in [1.807, 2.05) is 0 Å². The largest absolute Gasteiger partial charge is 0.477 e. The zero-order chi connectivity index (χ0) is 14.3. The highest BCUT2D eigenvalue weighted by Crippen LogP contribution is 2.27. The first kappa shape index (κ1) is 15.0. The fraction of sp³-hybridized carbons (Fsp3) is 0.500. The number of sulfonamides is 1. The molecular weight excluding hydrogens is 280 g/mol. The Morgan fingerprint density at radius 3 is 2.28 bits per heavy atom. The minimum Gasteiger partial charge on any atom is -0.477 e. The smallest absolute Gasteiger partial charge is 0.354 e. The molecule has 1 aromatic heterocycles. The first-order valence-corrected chi connectivity index (χ1v) is 6.94. The molecule has 0 aliphatic rings. The van der Waals surface area contributed by atoms with Gasteiger partial charge in [-0.05, 0) is 20.8 Å². The fourth-order valence-corrected chi connectivity index (χ4v) is 3.57. The Kier molecular flexibility index (Phi) is 3.81. The van der Waals surface area contributed by atoms with Gasteiger partial charge in [-0.25, -0.2) is 17.9 Å². The highest BCUT2D eigenvalue weighted by Gasteiger charge is 2.29. The molecule has 8 heteroatoms. The van der Waals surface area contributed by atoms with Crippen LogP contribution in [0, 0.1) is 0 Å². The summed E-state index contributed by atoms with van der Waals surface area (Å²) in [5.74, 6) is -1.28. The lowest BCUT2D eigenvalue weighted by Crippen LogP contribution is -2.40. The van der Waals surface area contributed by atoms with Crippen LogP contribution in [0.2, 0.25) is 5.02 Å². The number of carbonyl (C=O) groups is 1. The van der Waals surface area contributed by atoms with Crippen molar-refractivity contribution in [2.24, 2.45) is 7.05 Å². The van der Waals surface area contributed by atoms with Crippen molar-refractivity contribution < 1.29 is 18.3 Å². The minimum absolute atomic E-state index is 0.237. The molecule has 1 rings (SSSR count). The molecule has 1 heterocycles. The average Bonchev–Trinajstić information content (AvgIpc) is 2.37. The maximum absolute atomic E-state index is 12.1. The summed E-state index contributed by atoms with van der Waals surface area (Å²) in [5.41, 5.74) is -0.938. The maximum atomic E-state index is 12.1. The summed E-state index contributed by atoms with van der Waals surface area (Å²) in [6, 6.07) is 0. The van der Waals surface area contributed by atoms with E-state index in [1.54, 1.807) is 20.8 Å². The molecule has 0 aromatic carbocycles. The van der Waals surface area contributed by atoms with Crippen LogP contribution < -0.4 is 4.72 Å². The molecule has 0 unspecified atom stereocenters. The van der Waals surface area contributed by atoms with Crippen LogP contribution in [0.25, 0.3) is 0 Å². The van der Waals surface area contributed by atoms with Crippen LogP contribution in [0.5, 0.6) is 0 Å². The predicted octanol–water partition coefficient (Wildman–Crippen LogP) is 1.45. The van der Waals surface area contributed by atoms with Gasteiger partial charge in [0.15, 0.2) is 0 Å². The van der Waals surface area contributed by atoms with Crippen molar-refractivity contribution in [1.29, 1.82) is 0 Å². The second kappa shape index (κ2) is 4.56. The molecule has 0 radical (unpaired) electrons. The number of carboxylic acid groups (broad SMARTS) is 1. The van der Waals surface area contributed by atoms with E-state index in [2.05, 4.69) is 4.72 Å². The average molecular weight is 295 g/mol. The number of halogens is 1. The van der Waals surface area contributed by atoms with Gasteiger partial charge in [-0.1, -0.05) is 11.6 Å². The van der Waals surface area contributed by atoms with Gasteiger partial charge in [0.25, 0.3) is 0 Å². The van der Waals surface area contributed by atoms with E-state index >= 15 is 0 Å². The number of hydrogen-bond donors (Lipinski definition) is 2. The highest BCUT2D eigenvalue weighted by atomic mass is 35.5. The van der Waals surface area contributed by atoms with Gasteiger partial charge < -0.3 is 9.67 Å². The zero-order valence-corrected chi connectivity index (χ0v) is 12.1. The molecular formula is C10H15ClN2O4S. The molecule has 2 N–H and O–H groups in total. The molecule has 0 saturated heterocycles. The number of nitrogens with one attached hydrogen (secondary N) is 1. The number of rotatable bonds is 3. The molecule has 0 aliphatic carbocycles. The van der Waals surface area contributed by atoms with Crippen molar-refractivity contribution in [2.45, 2.75) is 31.2 Å². The summed E-state index contributed by atoms with van der Waals surface area (Å²) >= 11 is 5.82. The van der Waals surface area contributed by atoms with Gasteiger partial charge in [-0.3, -0.25) is 0 Å². The third kappa shape index (κ3) is 3.04. The Balaban J connectivity index is 3.36. The number of aromatic carboxylic acids is 1. The van der Waals surface area contributed by atoms with Crippen molar-refractivity contribution >= 4 is 27.6 Å². The van der Waals surface area contributed by atoms with Crippen molar-refractivity contribution in [1.82, 2.24) is 9.29 Å². The molecule has 0 saturated carbocycles. The Hall–Kier alpha value is -1.05. The molecule has 1 aromatic rings. The lowest BCUT2D eigenvalue weighted by Gasteiger charge is -2.19. The van der Waals surface area contributed by atoms with E-state index in [9.17, 15) is 13.2 Å². The van der Waals surface area contributed by atoms with Gasteiger partial charge in [0.2, 0.25) is 10.0 Å². The Labute approximate surface area is 111 Å². The van der Waals surface area contributed by atoms with Gasteiger partial charge >= 0.3 is 5.97 Å². The van der Waals surface area contributed by atoms with E-state index in [4.69, 9.17) is 16.7 Å². The zero-order valence-electron chi connectivity index (χ0n) is 10.5. The van der Waals surface area contributed by atoms with Gasteiger partial charge in [0.05, 0.1) is 5.02 Å². The van der Waals surface area contributed by atoms with Gasteiger partial charge in [-0.2, -0.15) is 0 Å². The third-order valence-corrected chi connectivity index (χ3v) is 4.28. The van der Waals surface area contributed by atoms with E-state index in [1.165, 1.54) is 17.8 Å². The van der Waals surface area contributed by atoms with E-state index in [0.717, 1.165) is 0 Å². The molecule has 18 heavy (non-hydrogen) atoms.